The van der Waals surface area contributed by atoms with Crippen LogP contribution in [-0.4, -0.2) is 0 Å². The number of halogens is 1. The third kappa shape index (κ3) is 10.5. The average molecular weight is 268 g/mol. The van der Waals surface area contributed by atoms with Crippen molar-refractivity contribution in [1.29, 1.82) is 0 Å². The molecule has 0 spiro atoms. The minimum Gasteiger partial charge on any atom is -0.0752 e. The van der Waals surface area contributed by atoms with E-state index in [9.17, 15) is 0 Å². The topological polar surface area (TPSA) is 0 Å². The Balaban J connectivity index is 0. The van der Waals surface area contributed by atoms with E-state index in [1.807, 2.05) is 27.7 Å². The lowest BCUT2D eigenvalue weighted by Gasteiger charge is -2.03. The molecule has 0 saturated heterocycles. The number of rotatable bonds is 0. The Kier molecular flexibility index (Phi) is 16.7. The Bertz CT molecular complexity index is 84.9. The SMILES string of the molecule is CC.CC.IC1=CCCCC1. The molecule has 0 N–H and O–H groups in total. The first-order valence-electron chi connectivity index (χ1n) is 4.74. The van der Waals surface area contributed by atoms with Crippen molar-refractivity contribution in [3.8, 4) is 0 Å². The van der Waals surface area contributed by atoms with Crippen molar-refractivity contribution in [3.05, 3.63) is 9.66 Å². The molecule has 0 saturated carbocycles. The summed E-state index contributed by atoms with van der Waals surface area (Å²) >= 11 is 2.42. The molecule has 0 bridgehead atoms. The third-order valence-corrected chi connectivity index (χ3v) is 2.22. The lowest BCUT2D eigenvalue weighted by atomic mass is 10.1. The second-order valence-corrected chi connectivity index (χ2v) is 3.28. The summed E-state index contributed by atoms with van der Waals surface area (Å²) in [5.41, 5.74) is 0. The summed E-state index contributed by atoms with van der Waals surface area (Å²) in [5, 5.41) is 0. The monoisotopic (exact) mass is 268 g/mol. The zero-order valence-electron chi connectivity index (χ0n) is 8.28. The van der Waals surface area contributed by atoms with Crippen molar-refractivity contribution in [2.75, 3.05) is 0 Å². The predicted octanol–water partition coefficient (Wildman–Crippen LogP) is 4.93. The molecule has 0 nitrogen and oxygen atoms in total. The van der Waals surface area contributed by atoms with Crippen molar-refractivity contribution in [1.82, 2.24) is 0 Å². The van der Waals surface area contributed by atoms with Crippen molar-refractivity contribution in [3.63, 3.8) is 0 Å². The Morgan fingerprint density at radius 1 is 1.09 bits per heavy atom. The van der Waals surface area contributed by atoms with E-state index < -0.39 is 0 Å². The van der Waals surface area contributed by atoms with Crippen LogP contribution in [0, 0.1) is 0 Å². The second kappa shape index (κ2) is 13.1. The van der Waals surface area contributed by atoms with Gasteiger partial charge in [-0.15, -0.1) is 0 Å². The minimum absolute atomic E-state index is 1.32. The molecule has 0 atom stereocenters. The Labute approximate surface area is 85.6 Å². The highest BCUT2D eigenvalue weighted by Gasteiger charge is 1.96. The van der Waals surface area contributed by atoms with Gasteiger partial charge >= 0.3 is 0 Å². The number of allylic oxidation sites excluding steroid dienone is 2. The molecule has 68 valence electrons. The maximum Gasteiger partial charge on any atom is -0.0134 e. The highest BCUT2D eigenvalue weighted by Crippen LogP contribution is 2.21. The summed E-state index contributed by atoms with van der Waals surface area (Å²) < 4.78 is 1.56. The van der Waals surface area contributed by atoms with E-state index in [0.29, 0.717) is 0 Å². The maximum absolute atomic E-state index is 2.42. The van der Waals surface area contributed by atoms with Crippen LogP contribution < -0.4 is 0 Å². The first-order valence-corrected chi connectivity index (χ1v) is 5.82. The van der Waals surface area contributed by atoms with Gasteiger partial charge in [-0.3, -0.25) is 0 Å². The maximum atomic E-state index is 2.42. The van der Waals surface area contributed by atoms with Crippen LogP contribution in [0.25, 0.3) is 0 Å². The standard InChI is InChI=1S/C6H9I.2C2H6/c7-6-4-2-1-3-5-6;2*1-2/h4H,1-3,5H2;2*1-2H3. The molecule has 1 heteroatoms. The molecule has 1 rings (SSSR count). The summed E-state index contributed by atoms with van der Waals surface area (Å²) in [5.74, 6) is 0. The third-order valence-electron chi connectivity index (χ3n) is 1.24. The molecule has 0 aliphatic heterocycles. The van der Waals surface area contributed by atoms with Gasteiger partial charge in [0.2, 0.25) is 0 Å². The minimum atomic E-state index is 1.32. The first-order chi connectivity index (χ1) is 5.39. The highest BCUT2D eigenvalue weighted by atomic mass is 127. The van der Waals surface area contributed by atoms with Crippen LogP contribution in [-0.2, 0) is 0 Å². The van der Waals surface area contributed by atoms with Crippen LogP contribution in [0.2, 0.25) is 0 Å². The van der Waals surface area contributed by atoms with Crippen LogP contribution >= 0.6 is 22.6 Å². The van der Waals surface area contributed by atoms with Gasteiger partial charge in [-0.25, -0.2) is 0 Å². The van der Waals surface area contributed by atoms with Gasteiger partial charge in [-0.1, -0.05) is 33.8 Å². The average Bonchev–Trinajstić information content (AvgIpc) is 2.13. The van der Waals surface area contributed by atoms with Crippen LogP contribution in [0.15, 0.2) is 9.66 Å². The van der Waals surface area contributed by atoms with Gasteiger partial charge < -0.3 is 0 Å². The van der Waals surface area contributed by atoms with Gasteiger partial charge in [0.25, 0.3) is 0 Å². The van der Waals surface area contributed by atoms with Gasteiger partial charge in [0.05, 0.1) is 0 Å². The fourth-order valence-corrected chi connectivity index (χ4v) is 1.49. The smallest absolute Gasteiger partial charge is 0.0134 e. The van der Waals surface area contributed by atoms with Gasteiger partial charge in [0.1, 0.15) is 0 Å². The van der Waals surface area contributed by atoms with Crippen LogP contribution in [0.5, 0.6) is 0 Å². The normalized spacial score (nSPS) is 14.8. The zero-order valence-corrected chi connectivity index (χ0v) is 10.4. The fourth-order valence-electron chi connectivity index (χ4n) is 0.799. The molecule has 1 aliphatic carbocycles. The van der Waals surface area contributed by atoms with Crippen molar-refractivity contribution >= 4 is 22.6 Å². The summed E-state index contributed by atoms with van der Waals surface area (Å²) in [7, 11) is 0. The van der Waals surface area contributed by atoms with Crippen molar-refractivity contribution in [2.24, 2.45) is 0 Å². The summed E-state index contributed by atoms with van der Waals surface area (Å²) in [6.45, 7) is 8.00. The molecule has 0 amide bonds. The molecule has 1 aliphatic rings. The Hall–Kier alpha value is 0.470. The van der Waals surface area contributed by atoms with Gasteiger partial charge in [0.15, 0.2) is 0 Å². The largest absolute Gasteiger partial charge is 0.0752 e. The molecule has 0 fully saturated rings. The van der Waals surface area contributed by atoms with E-state index in [4.69, 9.17) is 0 Å². The van der Waals surface area contributed by atoms with Gasteiger partial charge in [0, 0.05) is 0 Å². The lowest BCUT2D eigenvalue weighted by Crippen LogP contribution is -1.82. The quantitative estimate of drug-likeness (QED) is 0.546. The molecular weight excluding hydrogens is 247 g/mol. The first kappa shape index (κ1) is 14.0. The molecule has 0 aromatic heterocycles. The van der Waals surface area contributed by atoms with Crippen LogP contribution in [0.1, 0.15) is 53.4 Å². The van der Waals surface area contributed by atoms with E-state index in [1.165, 1.54) is 25.7 Å². The summed E-state index contributed by atoms with van der Waals surface area (Å²) in [6.07, 6.45) is 7.81. The molecule has 0 radical (unpaired) electrons. The molecule has 0 heterocycles. The van der Waals surface area contributed by atoms with Gasteiger partial charge in [-0.2, -0.15) is 0 Å². The molecular formula is C10H21I. The van der Waals surface area contributed by atoms with E-state index >= 15 is 0 Å². The Morgan fingerprint density at radius 3 is 1.82 bits per heavy atom. The Morgan fingerprint density at radius 2 is 1.64 bits per heavy atom. The van der Waals surface area contributed by atoms with E-state index in [0.717, 1.165) is 0 Å². The highest BCUT2D eigenvalue weighted by molar-refractivity contribution is 14.1. The molecule has 11 heavy (non-hydrogen) atoms. The predicted molar refractivity (Wildman–Crippen MR) is 63.3 cm³/mol. The number of hydrogen-bond acceptors (Lipinski definition) is 0. The van der Waals surface area contributed by atoms with E-state index in [1.54, 1.807) is 3.58 Å². The molecule has 0 aromatic rings. The van der Waals surface area contributed by atoms with Crippen molar-refractivity contribution < 1.29 is 0 Å². The molecule has 0 unspecified atom stereocenters. The lowest BCUT2D eigenvalue weighted by molar-refractivity contribution is 0.727. The molecule has 0 aromatic carbocycles. The second-order valence-electron chi connectivity index (χ2n) is 1.90. The zero-order chi connectivity index (χ0) is 9.11. The van der Waals surface area contributed by atoms with Crippen molar-refractivity contribution in [2.45, 2.75) is 53.4 Å². The summed E-state index contributed by atoms with van der Waals surface area (Å²) in [4.78, 5) is 0. The fraction of sp³-hybridized carbons (Fsp3) is 0.800. The van der Waals surface area contributed by atoms with E-state index in [-0.39, 0.29) is 0 Å². The van der Waals surface area contributed by atoms with E-state index in [2.05, 4.69) is 28.7 Å². The van der Waals surface area contributed by atoms with Crippen LogP contribution in [0.4, 0.5) is 0 Å². The van der Waals surface area contributed by atoms with Gasteiger partial charge in [-0.05, 0) is 51.9 Å². The summed E-state index contributed by atoms with van der Waals surface area (Å²) in [6, 6.07) is 0. The van der Waals surface area contributed by atoms with Crippen LogP contribution in [0.3, 0.4) is 0 Å². The number of hydrogen-bond donors (Lipinski definition) is 0.